The van der Waals surface area contributed by atoms with Gasteiger partial charge in [-0.2, -0.15) is 0 Å². The molecule has 2 aromatic rings. The smallest absolute Gasteiger partial charge is 0.296 e. The van der Waals surface area contributed by atoms with Gasteiger partial charge < -0.3 is 10.1 Å². The number of hydrogen-bond donors (Lipinski definition) is 1. The molecule has 0 saturated heterocycles. The second kappa shape index (κ2) is 8.12. The lowest BCUT2D eigenvalue weighted by Gasteiger charge is -2.07. The Bertz CT molecular complexity index is 790. The lowest BCUT2D eigenvalue weighted by Crippen LogP contribution is -2.09. The van der Waals surface area contributed by atoms with E-state index >= 15 is 0 Å². The van der Waals surface area contributed by atoms with Crippen LogP contribution in [0.3, 0.4) is 0 Å². The Morgan fingerprint density at radius 3 is 2.75 bits per heavy atom. The van der Waals surface area contributed by atoms with Crippen LogP contribution in [0.5, 0.6) is 5.75 Å². The zero-order valence-electron chi connectivity index (χ0n) is 12.9. The van der Waals surface area contributed by atoms with Crippen molar-refractivity contribution in [3.63, 3.8) is 0 Å². The van der Waals surface area contributed by atoms with E-state index < -0.39 is 10.8 Å². The summed E-state index contributed by atoms with van der Waals surface area (Å²) in [5, 5.41) is 14.1. The van der Waals surface area contributed by atoms with Crippen molar-refractivity contribution in [1.29, 1.82) is 0 Å². The van der Waals surface area contributed by atoms with E-state index in [-0.39, 0.29) is 11.4 Å². The van der Waals surface area contributed by atoms with Crippen molar-refractivity contribution in [2.24, 2.45) is 0 Å². The summed E-state index contributed by atoms with van der Waals surface area (Å²) in [6.07, 6.45) is 2.81. The number of nitro benzene ring substituents is 1. The highest BCUT2D eigenvalue weighted by molar-refractivity contribution is 6.32. The summed E-state index contributed by atoms with van der Waals surface area (Å²) in [5.74, 6) is -0.129. The monoisotopic (exact) mass is 346 g/mol. The minimum atomic E-state index is -0.574. The zero-order valence-corrected chi connectivity index (χ0v) is 13.6. The van der Waals surface area contributed by atoms with E-state index in [1.54, 1.807) is 37.3 Å². The number of ether oxygens (including phenoxy) is 1. The van der Waals surface area contributed by atoms with Gasteiger partial charge >= 0.3 is 0 Å². The maximum Gasteiger partial charge on any atom is 0.296 e. The van der Waals surface area contributed by atoms with E-state index in [1.807, 2.05) is 0 Å². The molecule has 0 bridgehead atoms. The lowest BCUT2D eigenvalue weighted by molar-refractivity contribution is -0.384. The van der Waals surface area contributed by atoms with E-state index in [2.05, 4.69) is 5.32 Å². The predicted molar refractivity (Wildman–Crippen MR) is 93.4 cm³/mol. The van der Waals surface area contributed by atoms with Crippen LogP contribution in [-0.4, -0.2) is 17.4 Å². The molecule has 1 N–H and O–H groups in total. The van der Waals surface area contributed by atoms with Gasteiger partial charge in [0.1, 0.15) is 11.4 Å². The van der Waals surface area contributed by atoms with Crippen molar-refractivity contribution in [2.45, 2.75) is 6.92 Å². The zero-order chi connectivity index (χ0) is 17.5. The molecule has 124 valence electrons. The third-order valence-electron chi connectivity index (χ3n) is 3.05. The topological polar surface area (TPSA) is 81.5 Å². The van der Waals surface area contributed by atoms with Gasteiger partial charge in [-0.25, -0.2) is 0 Å². The molecule has 24 heavy (non-hydrogen) atoms. The first-order valence-electron chi connectivity index (χ1n) is 7.16. The molecule has 0 heterocycles. The van der Waals surface area contributed by atoms with E-state index in [4.69, 9.17) is 16.3 Å². The molecule has 0 aromatic heterocycles. The molecule has 0 aliphatic carbocycles. The molecule has 0 atom stereocenters. The van der Waals surface area contributed by atoms with Crippen LogP contribution in [0, 0.1) is 10.1 Å². The Morgan fingerprint density at radius 1 is 1.33 bits per heavy atom. The van der Waals surface area contributed by atoms with Crippen molar-refractivity contribution in [1.82, 2.24) is 0 Å². The first kappa shape index (κ1) is 17.5. The molecule has 0 fully saturated rings. The highest BCUT2D eigenvalue weighted by atomic mass is 35.5. The van der Waals surface area contributed by atoms with Gasteiger partial charge in [-0.05, 0) is 36.8 Å². The molecular weight excluding hydrogens is 332 g/mol. The van der Waals surface area contributed by atoms with Crippen molar-refractivity contribution >= 4 is 35.0 Å². The third-order valence-corrected chi connectivity index (χ3v) is 3.40. The highest BCUT2D eigenvalue weighted by Gasteiger charge is 2.16. The lowest BCUT2D eigenvalue weighted by atomic mass is 10.2. The minimum Gasteiger partial charge on any atom is -0.494 e. The first-order chi connectivity index (χ1) is 11.5. The quantitative estimate of drug-likeness (QED) is 0.480. The molecule has 0 saturated carbocycles. The number of carbonyl (C=O) groups excluding carboxylic acids is 1. The molecule has 0 aliphatic rings. The molecule has 1 amide bonds. The Hall–Kier alpha value is -2.86. The van der Waals surface area contributed by atoms with Crippen molar-refractivity contribution in [2.75, 3.05) is 11.9 Å². The minimum absolute atomic E-state index is 0.0947. The van der Waals surface area contributed by atoms with Crippen LogP contribution >= 0.6 is 11.6 Å². The maximum absolute atomic E-state index is 12.0. The molecular formula is C17H15ClN2O4. The van der Waals surface area contributed by atoms with Gasteiger partial charge in [-0.1, -0.05) is 29.8 Å². The number of nitrogens with one attached hydrogen (secondary N) is 1. The van der Waals surface area contributed by atoms with E-state index in [1.165, 1.54) is 24.3 Å². The fourth-order valence-electron chi connectivity index (χ4n) is 1.97. The number of benzene rings is 2. The van der Waals surface area contributed by atoms with Crippen LogP contribution in [0.2, 0.25) is 5.02 Å². The molecule has 0 unspecified atom stereocenters. The molecule has 2 aromatic carbocycles. The van der Waals surface area contributed by atoms with Gasteiger partial charge in [0.05, 0.1) is 17.6 Å². The average Bonchev–Trinajstić information content (AvgIpc) is 2.55. The Balaban J connectivity index is 2.16. The van der Waals surface area contributed by atoms with Crippen LogP contribution < -0.4 is 10.1 Å². The summed E-state index contributed by atoms with van der Waals surface area (Å²) in [6.45, 7) is 2.17. The van der Waals surface area contributed by atoms with Gasteiger partial charge in [0, 0.05) is 11.1 Å². The number of hydrogen-bond acceptors (Lipinski definition) is 4. The molecule has 0 spiro atoms. The number of halogens is 1. The van der Waals surface area contributed by atoms with E-state index in [0.717, 1.165) is 0 Å². The average molecular weight is 347 g/mol. The third kappa shape index (κ3) is 4.57. The van der Waals surface area contributed by atoms with Crippen LogP contribution in [0.15, 0.2) is 48.5 Å². The largest absolute Gasteiger partial charge is 0.494 e. The molecule has 7 heteroatoms. The standard InChI is InChI=1S/C17H15ClN2O4/c1-2-24-13-8-9-15(16(11-13)20(22)23)19-17(21)10-7-12-5-3-4-6-14(12)18/h3-11H,2H2,1H3,(H,19,21). The highest BCUT2D eigenvalue weighted by Crippen LogP contribution is 2.29. The van der Waals surface area contributed by atoms with Gasteiger partial charge in [-0.3, -0.25) is 14.9 Å². The number of amides is 1. The van der Waals surface area contributed by atoms with Crippen LogP contribution in [0.4, 0.5) is 11.4 Å². The molecule has 0 aliphatic heterocycles. The molecule has 6 nitrogen and oxygen atoms in total. The van der Waals surface area contributed by atoms with Crippen LogP contribution in [-0.2, 0) is 4.79 Å². The summed E-state index contributed by atoms with van der Waals surface area (Å²) >= 11 is 6.00. The normalized spacial score (nSPS) is 10.6. The van der Waals surface area contributed by atoms with Gasteiger partial charge in [-0.15, -0.1) is 0 Å². The summed E-state index contributed by atoms with van der Waals surface area (Å²) in [4.78, 5) is 22.6. The number of nitro groups is 1. The van der Waals surface area contributed by atoms with E-state index in [0.29, 0.717) is 22.9 Å². The van der Waals surface area contributed by atoms with Gasteiger partial charge in [0.2, 0.25) is 5.91 Å². The second-order valence-electron chi connectivity index (χ2n) is 4.71. The maximum atomic E-state index is 12.0. The molecule has 2 rings (SSSR count). The summed E-state index contributed by atoms with van der Waals surface area (Å²) < 4.78 is 5.23. The van der Waals surface area contributed by atoms with Gasteiger partial charge in [0.25, 0.3) is 5.69 Å². The van der Waals surface area contributed by atoms with Crippen molar-refractivity contribution in [3.05, 3.63) is 69.2 Å². The number of anilines is 1. The summed E-state index contributed by atoms with van der Waals surface area (Å²) in [5.41, 5.74) is 0.535. The van der Waals surface area contributed by atoms with Gasteiger partial charge in [0.15, 0.2) is 0 Å². The second-order valence-corrected chi connectivity index (χ2v) is 5.12. The Kier molecular flexibility index (Phi) is 5.92. The number of nitrogens with zero attached hydrogens (tertiary/aromatic N) is 1. The first-order valence-corrected chi connectivity index (χ1v) is 7.54. The van der Waals surface area contributed by atoms with Crippen LogP contribution in [0.25, 0.3) is 6.08 Å². The fourth-order valence-corrected chi connectivity index (χ4v) is 2.17. The van der Waals surface area contributed by atoms with Crippen molar-refractivity contribution < 1.29 is 14.5 Å². The van der Waals surface area contributed by atoms with Crippen LogP contribution in [0.1, 0.15) is 12.5 Å². The van der Waals surface area contributed by atoms with Crippen molar-refractivity contribution in [3.8, 4) is 5.75 Å². The predicted octanol–water partition coefficient (Wildman–Crippen LogP) is 4.30. The SMILES string of the molecule is CCOc1ccc(NC(=O)C=Cc2ccccc2Cl)c([N+](=O)[O-])c1. The summed E-state index contributed by atoms with van der Waals surface area (Å²) in [6, 6.07) is 11.3. The number of carbonyl (C=O) groups is 1. The number of rotatable bonds is 6. The molecule has 0 radical (unpaired) electrons. The summed E-state index contributed by atoms with van der Waals surface area (Å²) in [7, 11) is 0. The Labute approximate surface area is 143 Å². The van der Waals surface area contributed by atoms with E-state index in [9.17, 15) is 14.9 Å². The Morgan fingerprint density at radius 2 is 2.08 bits per heavy atom. The fraction of sp³-hybridized carbons (Fsp3) is 0.118.